The van der Waals surface area contributed by atoms with E-state index in [1.807, 2.05) is 0 Å². The summed E-state index contributed by atoms with van der Waals surface area (Å²) in [5.74, 6) is -7.32. The number of rotatable bonds is 6. The molecule has 4 rings (SSSR count). The number of ether oxygens (including phenoxy) is 1. The lowest BCUT2D eigenvalue weighted by molar-refractivity contribution is -0.153. The maximum absolute atomic E-state index is 14.1. The molecule has 2 amide bonds. The number of aryl methyl sites for hydroxylation is 2. The lowest BCUT2D eigenvalue weighted by atomic mass is 9.96. The SMILES string of the molecule is C[C@@H]1NC(=O)c2c(NC(=O)CS(C)(=N)=O)c(-c3cc(F)c(F)c(F)c3)nn2CCCc2cc(OCC(F)(F)F)ccc21. The molecule has 1 aliphatic rings. The highest BCUT2D eigenvalue weighted by Gasteiger charge is 2.31. The Morgan fingerprint density at radius 3 is 2.50 bits per heavy atom. The summed E-state index contributed by atoms with van der Waals surface area (Å²) in [5, 5.41) is 9.38. The molecule has 16 heteroatoms. The van der Waals surface area contributed by atoms with Crippen molar-refractivity contribution < 1.29 is 44.9 Å². The second kappa shape index (κ2) is 11.7. The normalized spacial score (nSPS) is 17.0. The lowest BCUT2D eigenvalue weighted by Gasteiger charge is -2.22. The van der Waals surface area contributed by atoms with Gasteiger partial charge < -0.3 is 15.4 Å². The van der Waals surface area contributed by atoms with E-state index >= 15 is 0 Å². The van der Waals surface area contributed by atoms with Crippen molar-refractivity contribution in [1.29, 1.82) is 4.78 Å². The first-order valence-corrected chi connectivity index (χ1v) is 14.6. The first kappa shape index (κ1) is 30.9. The Hall–Kier alpha value is -4.08. The Bertz CT molecular complexity index is 1630. The van der Waals surface area contributed by atoms with Gasteiger partial charge in [0.1, 0.15) is 28.6 Å². The molecule has 2 atom stereocenters. The van der Waals surface area contributed by atoms with Gasteiger partial charge in [-0.25, -0.2) is 17.4 Å². The van der Waals surface area contributed by atoms with Gasteiger partial charge in [-0.05, 0) is 55.2 Å². The molecule has 1 aliphatic heterocycles. The Balaban J connectivity index is 1.77. The maximum Gasteiger partial charge on any atom is 0.422 e. The van der Waals surface area contributed by atoms with Crippen molar-refractivity contribution in [3.05, 3.63) is 64.6 Å². The molecule has 3 aromatic rings. The number of anilines is 1. The number of alkyl halides is 3. The molecule has 2 aromatic carbocycles. The van der Waals surface area contributed by atoms with Crippen LogP contribution in [0.25, 0.3) is 11.3 Å². The maximum atomic E-state index is 14.1. The Labute approximate surface area is 236 Å². The van der Waals surface area contributed by atoms with E-state index in [-0.39, 0.29) is 41.4 Å². The van der Waals surface area contributed by atoms with Crippen LogP contribution in [0.4, 0.5) is 32.0 Å². The third-order valence-electron chi connectivity index (χ3n) is 6.24. The highest BCUT2D eigenvalue weighted by atomic mass is 32.2. The van der Waals surface area contributed by atoms with Gasteiger partial charge in [-0.3, -0.25) is 19.1 Å². The van der Waals surface area contributed by atoms with E-state index in [0.717, 1.165) is 6.26 Å². The number of carbonyl (C=O) groups is 2. The van der Waals surface area contributed by atoms with Crippen molar-refractivity contribution in [2.75, 3.05) is 23.9 Å². The quantitative estimate of drug-likeness (QED) is 0.266. The van der Waals surface area contributed by atoms with E-state index in [1.54, 1.807) is 6.92 Å². The van der Waals surface area contributed by atoms with Gasteiger partial charge in [0.25, 0.3) is 5.91 Å². The molecule has 9 nitrogen and oxygen atoms in total. The molecule has 0 spiro atoms. The van der Waals surface area contributed by atoms with Crippen LogP contribution >= 0.6 is 0 Å². The second-order valence-electron chi connectivity index (χ2n) is 9.81. The second-order valence-corrected chi connectivity index (χ2v) is 12.1. The summed E-state index contributed by atoms with van der Waals surface area (Å²) in [6, 6.07) is 4.87. The zero-order valence-electron chi connectivity index (χ0n) is 22.2. The molecule has 0 saturated heterocycles. The first-order valence-electron chi connectivity index (χ1n) is 12.4. The summed E-state index contributed by atoms with van der Waals surface area (Å²) in [6.45, 7) is 0.136. The summed E-state index contributed by atoms with van der Waals surface area (Å²) < 4.78 is 105. The van der Waals surface area contributed by atoms with Crippen molar-refractivity contribution in [1.82, 2.24) is 15.1 Å². The standard InChI is InChI=1S/C26H25F6N5O4S/c1-13-17-6-5-16(41-12-26(30,31)32)8-14(17)4-3-7-37-24(25(39)34-13)23(35-20(38)11-42(2,33)40)22(36-37)15-9-18(27)21(29)19(28)10-15/h5-6,8-10,13,33H,3-4,7,11-12H2,1-2H3,(H,34,39)(H,35,38)/t13-,42?/m0/s1. The average molecular weight is 618 g/mol. The molecule has 0 bridgehead atoms. The van der Waals surface area contributed by atoms with Gasteiger partial charge in [0.2, 0.25) is 5.91 Å². The zero-order chi connectivity index (χ0) is 31.0. The van der Waals surface area contributed by atoms with Crippen LogP contribution in [0.5, 0.6) is 5.75 Å². The van der Waals surface area contributed by atoms with Gasteiger partial charge >= 0.3 is 6.18 Å². The van der Waals surface area contributed by atoms with Crippen LogP contribution in [0.1, 0.15) is 41.0 Å². The molecule has 2 heterocycles. The van der Waals surface area contributed by atoms with Crippen LogP contribution in [0, 0.1) is 22.2 Å². The van der Waals surface area contributed by atoms with E-state index < -0.39 is 63.6 Å². The van der Waals surface area contributed by atoms with E-state index in [1.165, 1.54) is 22.9 Å². The highest BCUT2D eigenvalue weighted by molar-refractivity contribution is 7.92. The molecule has 42 heavy (non-hydrogen) atoms. The van der Waals surface area contributed by atoms with E-state index in [2.05, 4.69) is 15.7 Å². The summed E-state index contributed by atoms with van der Waals surface area (Å²) in [5.41, 5.74) is 0.0695. The van der Waals surface area contributed by atoms with Gasteiger partial charge in [0.05, 0.1) is 15.8 Å². The van der Waals surface area contributed by atoms with Crippen LogP contribution in [-0.2, 0) is 27.5 Å². The number of aromatic nitrogens is 2. The molecule has 1 unspecified atom stereocenters. The molecule has 1 aromatic heterocycles. The van der Waals surface area contributed by atoms with Crippen molar-refractivity contribution in [2.45, 2.75) is 38.5 Å². The molecule has 0 aliphatic carbocycles. The predicted octanol–water partition coefficient (Wildman–Crippen LogP) is 4.96. The van der Waals surface area contributed by atoms with Crippen LogP contribution < -0.4 is 15.4 Å². The van der Waals surface area contributed by atoms with E-state index in [4.69, 9.17) is 9.52 Å². The Kier molecular flexibility index (Phi) is 8.57. The van der Waals surface area contributed by atoms with Gasteiger partial charge in [-0.1, -0.05) is 6.07 Å². The van der Waals surface area contributed by atoms with Crippen molar-refractivity contribution in [3.8, 4) is 17.0 Å². The molecule has 0 fully saturated rings. The lowest BCUT2D eigenvalue weighted by Crippen LogP contribution is -2.32. The van der Waals surface area contributed by atoms with E-state index in [0.29, 0.717) is 29.7 Å². The van der Waals surface area contributed by atoms with Crippen molar-refractivity contribution >= 4 is 27.2 Å². The largest absolute Gasteiger partial charge is 0.484 e. The number of hydrogen-bond acceptors (Lipinski definition) is 6. The Morgan fingerprint density at radius 1 is 1.21 bits per heavy atom. The summed E-state index contributed by atoms with van der Waals surface area (Å²) in [4.78, 5) is 26.2. The molecular weight excluding hydrogens is 592 g/mol. The molecule has 0 radical (unpaired) electrons. The minimum Gasteiger partial charge on any atom is -0.484 e. The summed E-state index contributed by atoms with van der Waals surface area (Å²) in [6.07, 6.45) is -2.93. The number of carbonyl (C=O) groups excluding carboxylic acids is 2. The van der Waals surface area contributed by atoms with Crippen LogP contribution in [-0.4, -0.2) is 50.6 Å². The third kappa shape index (κ3) is 7.21. The topological polar surface area (TPSA) is 126 Å². The summed E-state index contributed by atoms with van der Waals surface area (Å²) >= 11 is 0. The molecule has 0 saturated carbocycles. The number of benzene rings is 2. The minimum absolute atomic E-state index is 0.00219. The van der Waals surface area contributed by atoms with Gasteiger partial charge in [0, 0.05) is 18.4 Å². The van der Waals surface area contributed by atoms with Gasteiger partial charge in [0.15, 0.2) is 24.1 Å². The fourth-order valence-electron chi connectivity index (χ4n) is 4.53. The van der Waals surface area contributed by atoms with Crippen LogP contribution in [0.3, 0.4) is 0 Å². The zero-order valence-corrected chi connectivity index (χ0v) is 23.0. The van der Waals surface area contributed by atoms with Crippen molar-refractivity contribution in [2.24, 2.45) is 0 Å². The number of fused-ring (bicyclic) bond motifs is 2. The summed E-state index contributed by atoms with van der Waals surface area (Å²) in [7, 11) is -3.32. The van der Waals surface area contributed by atoms with Gasteiger partial charge in [-0.15, -0.1) is 0 Å². The number of amides is 2. The van der Waals surface area contributed by atoms with Crippen molar-refractivity contribution in [3.63, 3.8) is 0 Å². The predicted molar refractivity (Wildman–Crippen MR) is 140 cm³/mol. The molecule has 3 N–H and O–H groups in total. The highest BCUT2D eigenvalue weighted by Crippen LogP contribution is 2.34. The number of nitrogens with zero attached hydrogens (tertiary/aromatic N) is 2. The van der Waals surface area contributed by atoms with Crippen LogP contribution in [0.15, 0.2) is 30.3 Å². The monoisotopic (exact) mass is 617 g/mol. The Morgan fingerprint density at radius 2 is 1.88 bits per heavy atom. The smallest absolute Gasteiger partial charge is 0.422 e. The molecule has 226 valence electrons. The van der Waals surface area contributed by atoms with Crippen LogP contribution in [0.2, 0.25) is 0 Å². The van der Waals surface area contributed by atoms with E-state index in [9.17, 15) is 40.1 Å². The minimum atomic E-state index is -4.53. The fourth-order valence-corrected chi connectivity index (χ4v) is 5.10. The fraction of sp³-hybridized carbons (Fsp3) is 0.346. The average Bonchev–Trinajstić information content (AvgIpc) is 3.21. The first-order chi connectivity index (χ1) is 19.5. The number of hydrogen-bond donors (Lipinski definition) is 3. The van der Waals surface area contributed by atoms with Gasteiger partial charge in [-0.2, -0.15) is 18.3 Å². The number of nitrogens with one attached hydrogen (secondary N) is 3. The number of halogens is 6. The molecular formula is C26H25F6N5O4S. The third-order valence-corrected chi connectivity index (χ3v) is 7.06.